The van der Waals surface area contributed by atoms with E-state index >= 15 is 0 Å². The first-order valence-corrected chi connectivity index (χ1v) is 10.6. The summed E-state index contributed by atoms with van der Waals surface area (Å²) in [4.78, 5) is 38.3. The van der Waals surface area contributed by atoms with Crippen molar-refractivity contribution >= 4 is 23.2 Å². The van der Waals surface area contributed by atoms with Gasteiger partial charge in [-0.1, -0.05) is 53.5 Å². The average molecular weight is 496 g/mol. The number of benzene rings is 2. The molecule has 0 unspecified atom stereocenters. The predicted molar refractivity (Wildman–Crippen MR) is 126 cm³/mol. The van der Waals surface area contributed by atoms with Crippen LogP contribution in [0.1, 0.15) is 16.8 Å². The maximum atomic E-state index is 12.6. The first kappa shape index (κ1) is 23.0. The van der Waals surface area contributed by atoms with Crippen LogP contribution in [0, 0.1) is 18.3 Å². The molecule has 2 aromatic carbocycles. The Bertz CT molecular complexity index is 1590. The quantitative estimate of drug-likeness (QED) is 0.452. The molecule has 0 atom stereocenters. The molecule has 4 rings (SSSR count). The highest BCUT2D eigenvalue weighted by Gasteiger charge is 2.16. The highest BCUT2D eigenvalue weighted by Crippen LogP contribution is 2.38. The molecule has 0 bridgehead atoms. The van der Waals surface area contributed by atoms with E-state index in [9.17, 15) is 14.4 Å². The molecule has 0 aliphatic heterocycles. The second kappa shape index (κ2) is 9.39. The van der Waals surface area contributed by atoms with Crippen LogP contribution in [-0.2, 0) is 6.54 Å². The summed E-state index contributed by atoms with van der Waals surface area (Å²) < 4.78 is 8.21. The van der Waals surface area contributed by atoms with Gasteiger partial charge in [0, 0.05) is 5.56 Å². The zero-order valence-corrected chi connectivity index (χ0v) is 19.1. The Balaban J connectivity index is 1.71. The maximum absolute atomic E-state index is 12.6. The maximum Gasteiger partial charge on any atom is 0.349 e. The number of rotatable bonds is 5. The molecule has 0 fully saturated rings. The molecular formula is C23H15Cl2N5O4. The van der Waals surface area contributed by atoms with Gasteiger partial charge in [-0.3, -0.25) is 14.6 Å². The Morgan fingerprint density at radius 2 is 1.76 bits per heavy atom. The van der Waals surface area contributed by atoms with Crippen molar-refractivity contribution in [3.63, 3.8) is 0 Å². The van der Waals surface area contributed by atoms with Crippen LogP contribution in [0.3, 0.4) is 0 Å². The van der Waals surface area contributed by atoms with Gasteiger partial charge in [0.15, 0.2) is 5.75 Å². The lowest BCUT2D eigenvalue weighted by Gasteiger charge is -2.14. The number of H-pyrrole nitrogens is 1. The Morgan fingerprint density at radius 1 is 1.09 bits per heavy atom. The Morgan fingerprint density at radius 3 is 2.41 bits per heavy atom. The van der Waals surface area contributed by atoms with Crippen LogP contribution >= 0.6 is 23.2 Å². The molecule has 11 heteroatoms. The molecule has 0 aliphatic rings. The SMILES string of the molecule is Cc1cc(Oc2c(Cl)cc(-n3nc(C#N)c(=O)[nH]c3=O)cc2Cl)cn(Cc2ccccc2)c1=O. The smallest absolute Gasteiger partial charge is 0.349 e. The second-order valence-electron chi connectivity index (χ2n) is 7.25. The number of hydrogen-bond acceptors (Lipinski definition) is 6. The lowest BCUT2D eigenvalue weighted by atomic mass is 10.2. The van der Waals surface area contributed by atoms with Gasteiger partial charge in [0.05, 0.1) is 28.5 Å². The number of nitriles is 1. The summed E-state index contributed by atoms with van der Waals surface area (Å²) in [6, 6.07) is 15.4. The third kappa shape index (κ3) is 4.64. The van der Waals surface area contributed by atoms with E-state index in [-0.39, 0.29) is 27.0 Å². The molecule has 0 radical (unpaired) electrons. The molecule has 0 aliphatic carbocycles. The molecule has 2 heterocycles. The molecule has 170 valence electrons. The third-order valence-corrected chi connectivity index (χ3v) is 5.38. The van der Waals surface area contributed by atoms with Crippen molar-refractivity contribution in [3.8, 4) is 23.3 Å². The minimum absolute atomic E-state index is 0.0411. The summed E-state index contributed by atoms with van der Waals surface area (Å²) >= 11 is 12.7. The summed E-state index contributed by atoms with van der Waals surface area (Å²) in [7, 11) is 0. The van der Waals surface area contributed by atoms with Crippen LogP contribution in [-0.4, -0.2) is 19.3 Å². The summed E-state index contributed by atoms with van der Waals surface area (Å²) in [6.07, 6.45) is 1.55. The van der Waals surface area contributed by atoms with Gasteiger partial charge in [-0.25, -0.2) is 4.79 Å². The highest BCUT2D eigenvalue weighted by atomic mass is 35.5. The van der Waals surface area contributed by atoms with Gasteiger partial charge in [-0.05, 0) is 30.7 Å². The van der Waals surface area contributed by atoms with E-state index in [0.717, 1.165) is 10.2 Å². The van der Waals surface area contributed by atoms with E-state index in [0.29, 0.717) is 17.9 Å². The van der Waals surface area contributed by atoms with E-state index in [1.54, 1.807) is 25.3 Å². The number of aromatic nitrogens is 4. The van der Waals surface area contributed by atoms with Crippen molar-refractivity contribution in [1.82, 2.24) is 19.3 Å². The van der Waals surface area contributed by atoms with Crippen LogP contribution in [0.25, 0.3) is 5.69 Å². The molecule has 0 amide bonds. The van der Waals surface area contributed by atoms with E-state index in [1.165, 1.54) is 16.7 Å². The summed E-state index contributed by atoms with van der Waals surface area (Å²) in [5, 5.41) is 12.8. The topological polar surface area (TPSA) is 123 Å². The van der Waals surface area contributed by atoms with Gasteiger partial charge in [-0.2, -0.15) is 9.94 Å². The Kier molecular flexibility index (Phi) is 6.36. The molecule has 34 heavy (non-hydrogen) atoms. The van der Waals surface area contributed by atoms with Crippen molar-refractivity contribution < 1.29 is 4.74 Å². The fraction of sp³-hybridized carbons (Fsp3) is 0.0870. The second-order valence-corrected chi connectivity index (χ2v) is 8.06. The van der Waals surface area contributed by atoms with Gasteiger partial charge in [-0.15, -0.1) is 5.10 Å². The number of aryl methyl sites for hydroxylation is 1. The lowest BCUT2D eigenvalue weighted by Crippen LogP contribution is -2.33. The summed E-state index contributed by atoms with van der Waals surface area (Å²) in [5.41, 5.74) is -0.910. The molecule has 0 saturated heterocycles. The van der Waals surface area contributed by atoms with Crippen LogP contribution in [0.4, 0.5) is 0 Å². The molecule has 0 saturated carbocycles. The minimum atomic E-state index is -0.901. The fourth-order valence-corrected chi connectivity index (χ4v) is 3.79. The van der Waals surface area contributed by atoms with Crippen molar-refractivity contribution in [2.75, 3.05) is 0 Å². The first-order chi connectivity index (χ1) is 16.3. The number of nitrogens with one attached hydrogen (secondary N) is 1. The number of pyridine rings is 1. The average Bonchev–Trinajstić information content (AvgIpc) is 2.80. The van der Waals surface area contributed by atoms with E-state index in [2.05, 4.69) is 5.10 Å². The molecule has 2 aromatic heterocycles. The van der Waals surface area contributed by atoms with Gasteiger partial charge in [0.1, 0.15) is 11.8 Å². The van der Waals surface area contributed by atoms with Gasteiger partial charge in [0.2, 0.25) is 5.69 Å². The van der Waals surface area contributed by atoms with Gasteiger partial charge >= 0.3 is 5.69 Å². The van der Waals surface area contributed by atoms with E-state index in [1.807, 2.05) is 35.3 Å². The number of halogens is 2. The predicted octanol–water partition coefficient (Wildman–Crippen LogP) is 3.41. The van der Waals surface area contributed by atoms with Crippen molar-refractivity contribution in [3.05, 3.63) is 113 Å². The monoisotopic (exact) mass is 495 g/mol. The first-order valence-electron chi connectivity index (χ1n) is 9.83. The van der Waals surface area contributed by atoms with Crippen LogP contribution < -0.4 is 21.5 Å². The number of hydrogen-bond donors (Lipinski definition) is 1. The fourth-order valence-electron chi connectivity index (χ4n) is 3.24. The van der Waals surface area contributed by atoms with Crippen LogP contribution in [0.2, 0.25) is 10.0 Å². The number of ether oxygens (including phenoxy) is 1. The standard InChI is InChI=1S/C23H15Cl2N5O4/c1-13-7-16(12-29(22(13)32)11-14-5-3-2-4-6-14)34-20-17(24)8-15(9-18(20)25)30-23(33)27-21(31)19(10-26)28-30/h2-9,12H,11H2,1H3,(H,27,31,33). The Labute approximate surface area is 202 Å². The van der Waals surface area contributed by atoms with Crippen LogP contribution in [0.5, 0.6) is 11.5 Å². The highest BCUT2D eigenvalue weighted by molar-refractivity contribution is 6.37. The normalized spacial score (nSPS) is 10.6. The third-order valence-electron chi connectivity index (χ3n) is 4.82. The zero-order chi connectivity index (χ0) is 24.4. The van der Waals surface area contributed by atoms with Crippen molar-refractivity contribution in [2.45, 2.75) is 13.5 Å². The molecule has 1 N–H and O–H groups in total. The molecule has 9 nitrogen and oxygen atoms in total. The Hall–Kier alpha value is -4.13. The zero-order valence-electron chi connectivity index (χ0n) is 17.6. The van der Waals surface area contributed by atoms with Crippen LogP contribution in [0.15, 0.2) is 69.1 Å². The number of aromatic amines is 1. The van der Waals surface area contributed by atoms with Gasteiger partial charge in [0.25, 0.3) is 11.1 Å². The van der Waals surface area contributed by atoms with E-state index in [4.69, 9.17) is 33.2 Å². The minimum Gasteiger partial charge on any atom is -0.453 e. The summed E-state index contributed by atoms with van der Waals surface area (Å²) in [6.45, 7) is 2.02. The van der Waals surface area contributed by atoms with Crippen molar-refractivity contribution in [1.29, 1.82) is 5.26 Å². The lowest BCUT2D eigenvalue weighted by molar-refractivity contribution is 0.473. The van der Waals surface area contributed by atoms with E-state index < -0.39 is 16.9 Å². The molecule has 4 aromatic rings. The largest absolute Gasteiger partial charge is 0.453 e. The number of nitrogens with zero attached hydrogens (tertiary/aromatic N) is 4. The van der Waals surface area contributed by atoms with Gasteiger partial charge < -0.3 is 9.30 Å². The molecular weight excluding hydrogens is 481 g/mol. The summed E-state index contributed by atoms with van der Waals surface area (Å²) in [5.74, 6) is 0.421. The molecule has 0 spiro atoms. The van der Waals surface area contributed by atoms with Crippen molar-refractivity contribution in [2.24, 2.45) is 0 Å².